The van der Waals surface area contributed by atoms with Crippen LogP contribution in [0.25, 0.3) is 0 Å². The topological polar surface area (TPSA) is 58.0 Å². The van der Waals surface area contributed by atoms with Gasteiger partial charge in [-0.3, -0.25) is 0 Å². The van der Waals surface area contributed by atoms with Gasteiger partial charge in [-0.15, -0.1) is 0 Å². The van der Waals surface area contributed by atoms with Gasteiger partial charge < -0.3 is 10.4 Å². The largest absolute Gasteiger partial charge is 0.396 e. The smallest absolute Gasteiger partial charge is 0.133 e. The second kappa shape index (κ2) is 7.59. The Bertz CT molecular complexity index is 365. The van der Waals surface area contributed by atoms with Gasteiger partial charge in [-0.1, -0.05) is 13.8 Å². The van der Waals surface area contributed by atoms with Crippen molar-refractivity contribution < 1.29 is 5.11 Å². The summed E-state index contributed by atoms with van der Waals surface area (Å²) in [7, 11) is 0. The first-order valence-corrected chi connectivity index (χ1v) is 7.68. The number of thioether (sulfide) groups is 1. The molecule has 0 fully saturated rings. The predicted octanol–water partition coefficient (Wildman–Crippen LogP) is 2.43. The van der Waals surface area contributed by atoms with Gasteiger partial charge in [0.2, 0.25) is 0 Å². The molecule has 0 amide bonds. The van der Waals surface area contributed by atoms with Gasteiger partial charge in [-0.05, 0) is 19.6 Å². The van der Waals surface area contributed by atoms with Crippen molar-refractivity contribution in [3.8, 4) is 0 Å². The van der Waals surface area contributed by atoms with Gasteiger partial charge in [0.25, 0.3) is 0 Å². The van der Waals surface area contributed by atoms with E-state index in [2.05, 4.69) is 35.4 Å². The minimum Gasteiger partial charge on any atom is -0.396 e. The van der Waals surface area contributed by atoms with E-state index in [-0.39, 0.29) is 12.6 Å². The third kappa shape index (κ3) is 4.82. The minimum absolute atomic E-state index is 0.194. The number of rotatable bonds is 7. The average molecular weight is 269 g/mol. The van der Waals surface area contributed by atoms with Crippen LogP contribution in [0.5, 0.6) is 0 Å². The molecule has 1 rings (SSSR count). The predicted molar refractivity (Wildman–Crippen MR) is 78.4 cm³/mol. The van der Waals surface area contributed by atoms with Crippen LogP contribution in [-0.4, -0.2) is 39.7 Å². The standard InChI is InChI=1S/C13H23N3OS/c1-9(2)13-14-10(3)7-12(16-13)15-11(5-6-17)8-18-4/h7,9,11,17H,5-6,8H2,1-4H3,(H,14,15,16). The van der Waals surface area contributed by atoms with Crippen molar-refractivity contribution >= 4 is 17.6 Å². The molecule has 1 heterocycles. The summed E-state index contributed by atoms with van der Waals surface area (Å²) in [6.07, 6.45) is 2.80. The summed E-state index contributed by atoms with van der Waals surface area (Å²) in [4.78, 5) is 8.95. The lowest BCUT2D eigenvalue weighted by molar-refractivity contribution is 0.282. The molecule has 0 saturated heterocycles. The van der Waals surface area contributed by atoms with Crippen molar-refractivity contribution in [3.63, 3.8) is 0 Å². The summed E-state index contributed by atoms with van der Waals surface area (Å²) in [5.74, 6) is 3.01. The van der Waals surface area contributed by atoms with E-state index in [0.29, 0.717) is 5.92 Å². The second-order valence-electron chi connectivity index (χ2n) is 4.72. The molecule has 18 heavy (non-hydrogen) atoms. The Labute approximate surface area is 114 Å². The van der Waals surface area contributed by atoms with Gasteiger partial charge >= 0.3 is 0 Å². The zero-order valence-electron chi connectivity index (χ0n) is 11.6. The van der Waals surface area contributed by atoms with E-state index in [1.54, 1.807) is 11.8 Å². The molecule has 1 aromatic heterocycles. The Kier molecular flexibility index (Phi) is 6.43. The summed E-state index contributed by atoms with van der Waals surface area (Å²) in [5, 5.41) is 12.4. The Morgan fingerprint density at radius 1 is 1.39 bits per heavy atom. The molecule has 102 valence electrons. The quantitative estimate of drug-likeness (QED) is 0.796. The number of aryl methyl sites for hydroxylation is 1. The fraction of sp³-hybridized carbons (Fsp3) is 0.692. The lowest BCUT2D eigenvalue weighted by Crippen LogP contribution is -2.24. The zero-order chi connectivity index (χ0) is 13.5. The molecule has 1 atom stereocenters. The summed E-state index contributed by atoms with van der Waals surface area (Å²) < 4.78 is 0. The van der Waals surface area contributed by atoms with Crippen LogP contribution in [0.2, 0.25) is 0 Å². The van der Waals surface area contributed by atoms with E-state index in [1.165, 1.54) is 0 Å². The van der Waals surface area contributed by atoms with E-state index in [1.807, 2.05) is 13.0 Å². The maximum Gasteiger partial charge on any atom is 0.133 e. The van der Waals surface area contributed by atoms with Crippen LogP contribution in [0.3, 0.4) is 0 Å². The van der Waals surface area contributed by atoms with Gasteiger partial charge in [-0.2, -0.15) is 11.8 Å². The molecule has 0 spiro atoms. The number of aliphatic hydroxyl groups is 1. The third-order valence-corrected chi connectivity index (χ3v) is 3.32. The van der Waals surface area contributed by atoms with Crippen LogP contribution in [0.4, 0.5) is 5.82 Å². The van der Waals surface area contributed by atoms with Crippen LogP contribution in [-0.2, 0) is 0 Å². The van der Waals surface area contributed by atoms with E-state index in [4.69, 9.17) is 5.11 Å². The number of aliphatic hydroxyl groups excluding tert-OH is 1. The van der Waals surface area contributed by atoms with Gasteiger partial charge in [0.05, 0.1) is 0 Å². The molecule has 4 nitrogen and oxygen atoms in total. The molecule has 1 unspecified atom stereocenters. The Balaban J connectivity index is 2.81. The van der Waals surface area contributed by atoms with E-state index < -0.39 is 0 Å². The normalized spacial score (nSPS) is 12.8. The molecule has 0 bridgehead atoms. The number of anilines is 1. The molecule has 0 aliphatic heterocycles. The lowest BCUT2D eigenvalue weighted by atomic mass is 10.2. The highest BCUT2D eigenvalue weighted by Crippen LogP contribution is 2.15. The highest BCUT2D eigenvalue weighted by molar-refractivity contribution is 7.98. The minimum atomic E-state index is 0.194. The molecule has 2 N–H and O–H groups in total. The molecule has 1 aromatic rings. The van der Waals surface area contributed by atoms with Crippen molar-refractivity contribution in [1.29, 1.82) is 0 Å². The average Bonchev–Trinajstić information content (AvgIpc) is 2.28. The molecule has 0 aliphatic rings. The Hall–Kier alpha value is -0.810. The summed E-state index contributed by atoms with van der Waals surface area (Å²) >= 11 is 1.77. The molecule has 0 aliphatic carbocycles. The van der Waals surface area contributed by atoms with Gasteiger partial charge in [0, 0.05) is 36.1 Å². The molecule has 5 heteroatoms. The zero-order valence-corrected chi connectivity index (χ0v) is 12.4. The highest BCUT2D eigenvalue weighted by atomic mass is 32.2. The van der Waals surface area contributed by atoms with Crippen LogP contribution in [0.15, 0.2) is 6.07 Å². The lowest BCUT2D eigenvalue weighted by Gasteiger charge is -2.18. The molecule has 0 saturated carbocycles. The number of hydrogen-bond donors (Lipinski definition) is 2. The molecule has 0 radical (unpaired) electrons. The van der Waals surface area contributed by atoms with E-state index >= 15 is 0 Å². The summed E-state index contributed by atoms with van der Waals surface area (Å²) in [6.45, 7) is 6.35. The van der Waals surface area contributed by atoms with Crippen molar-refractivity contribution in [2.45, 2.75) is 39.2 Å². The highest BCUT2D eigenvalue weighted by Gasteiger charge is 2.11. The van der Waals surface area contributed by atoms with E-state index in [9.17, 15) is 0 Å². The number of nitrogens with zero attached hydrogens (tertiary/aromatic N) is 2. The van der Waals surface area contributed by atoms with Crippen LogP contribution < -0.4 is 5.32 Å². The first-order valence-electron chi connectivity index (χ1n) is 6.28. The fourth-order valence-electron chi connectivity index (χ4n) is 1.69. The number of aromatic nitrogens is 2. The SMILES string of the molecule is CSCC(CCO)Nc1cc(C)nc(C(C)C)n1. The molecular formula is C13H23N3OS. The molecule has 0 aromatic carbocycles. The Morgan fingerprint density at radius 3 is 2.67 bits per heavy atom. The first-order chi connectivity index (χ1) is 8.56. The molecular weight excluding hydrogens is 246 g/mol. The monoisotopic (exact) mass is 269 g/mol. The van der Waals surface area contributed by atoms with Crippen LogP contribution in [0.1, 0.15) is 37.7 Å². The van der Waals surface area contributed by atoms with Crippen LogP contribution >= 0.6 is 11.8 Å². The third-order valence-electron chi connectivity index (χ3n) is 2.59. The van der Waals surface area contributed by atoms with Crippen LogP contribution in [0, 0.1) is 6.92 Å². The van der Waals surface area contributed by atoms with Crippen molar-refractivity contribution in [2.75, 3.05) is 23.9 Å². The fourth-order valence-corrected chi connectivity index (χ4v) is 2.34. The maximum atomic E-state index is 9.06. The van der Waals surface area contributed by atoms with Crippen molar-refractivity contribution in [3.05, 3.63) is 17.6 Å². The van der Waals surface area contributed by atoms with Gasteiger partial charge in [-0.25, -0.2) is 9.97 Å². The number of nitrogens with one attached hydrogen (secondary N) is 1. The van der Waals surface area contributed by atoms with Crippen molar-refractivity contribution in [1.82, 2.24) is 9.97 Å². The van der Waals surface area contributed by atoms with Gasteiger partial charge in [0.1, 0.15) is 11.6 Å². The summed E-state index contributed by atoms with van der Waals surface area (Å²) in [5.41, 5.74) is 0.975. The number of hydrogen-bond acceptors (Lipinski definition) is 5. The maximum absolute atomic E-state index is 9.06. The van der Waals surface area contributed by atoms with E-state index in [0.717, 1.165) is 29.5 Å². The summed E-state index contributed by atoms with van der Waals surface area (Å²) in [6, 6.07) is 2.20. The second-order valence-corrected chi connectivity index (χ2v) is 5.63. The first kappa shape index (κ1) is 15.2. The van der Waals surface area contributed by atoms with Crippen molar-refractivity contribution in [2.24, 2.45) is 0 Å². The van der Waals surface area contributed by atoms with Gasteiger partial charge in [0.15, 0.2) is 0 Å². The Morgan fingerprint density at radius 2 is 2.11 bits per heavy atom.